The average Bonchev–Trinajstić information content (AvgIpc) is 2.41. The number of rotatable bonds is 1. The van der Waals surface area contributed by atoms with Crippen LogP contribution in [-0.2, 0) is 0 Å². The Kier molecular flexibility index (Phi) is 2.11. The van der Waals surface area contributed by atoms with Crippen LogP contribution in [0.3, 0.4) is 0 Å². The van der Waals surface area contributed by atoms with Gasteiger partial charge in [0.15, 0.2) is 0 Å². The standard InChI is InChI=1S/C8H16N2OSSi/c1-13(2,3)7-6-5(4-12-7)9-8(11)10-6/h5-7H,4H2,1-3H3,(H2,9,10,11)/t5-,6-,7+/m1/s1. The molecule has 5 heteroatoms. The number of amides is 2. The quantitative estimate of drug-likeness (QED) is 0.508. The number of hydrogen-bond acceptors (Lipinski definition) is 2. The van der Waals surface area contributed by atoms with Gasteiger partial charge in [0.05, 0.1) is 20.2 Å². The van der Waals surface area contributed by atoms with E-state index in [9.17, 15) is 4.79 Å². The molecule has 2 aliphatic heterocycles. The van der Waals surface area contributed by atoms with Gasteiger partial charge in [0.2, 0.25) is 0 Å². The predicted octanol–water partition coefficient (Wildman–Crippen LogP) is 1.03. The minimum Gasteiger partial charge on any atom is -0.333 e. The van der Waals surface area contributed by atoms with Gasteiger partial charge >= 0.3 is 6.03 Å². The first kappa shape index (κ1) is 9.39. The Morgan fingerprint density at radius 2 is 2.08 bits per heavy atom. The van der Waals surface area contributed by atoms with Crippen LogP contribution >= 0.6 is 11.8 Å². The normalized spacial score (nSPS) is 38.4. The molecule has 13 heavy (non-hydrogen) atoms. The lowest BCUT2D eigenvalue weighted by Crippen LogP contribution is -2.49. The molecule has 0 aromatic carbocycles. The van der Waals surface area contributed by atoms with E-state index in [4.69, 9.17) is 0 Å². The van der Waals surface area contributed by atoms with Crippen molar-refractivity contribution in [2.24, 2.45) is 0 Å². The van der Waals surface area contributed by atoms with E-state index in [1.807, 2.05) is 11.8 Å². The monoisotopic (exact) mass is 216 g/mol. The van der Waals surface area contributed by atoms with Crippen LogP contribution in [0.25, 0.3) is 0 Å². The zero-order valence-corrected chi connectivity index (χ0v) is 10.1. The highest BCUT2D eigenvalue weighted by atomic mass is 32.2. The summed E-state index contributed by atoms with van der Waals surface area (Å²) in [6, 6.07) is 0.803. The average molecular weight is 216 g/mol. The number of carbonyl (C=O) groups is 1. The number of carbonyl (C=O) groups excluding carboxylic acids is 1. The first-order chi connectivity index (χ1) is 5.98. The molecule has 0 aromatic heterocycles. The van der Waals surface area contributed by atoms with Crippen LogP contribution in [0, 0.1) is 0 Å². The summed E-state index contributed by atoms with van der Waals surface area (Å²) < 4.78 is 0. The summed E-state index contributed by atoms with van der Waals surface area (Å²) in [7, 11) is -1.13. The van der Waals surface area contributed by atoms with Gasteiger partial charge in [0.1, 0.15) is 0 Å². The molecule has 0 aliphatic carbocycles. The van der Waals surface area contributed by atoms with E-state index >= 15 is 0 Å². The Balaban J connectivity index is 2.13. The van der Waals surface area contributed by atoms with Crippen LogP contribution in [-0.4, -0.2) is 36.8 Å². The van der Waals surface area contributed by atoms with Crippen LogP contribution in [0.2, 0.25) is 19.6 Å². The zero-order chi connectivity index (χ0) is 9.64. The van der Waals surface area contributed by atoms with E-state index in [1.54, 1.807) is 0 Å². The molecule has 2 rings (SSSR count). The van der Waals surface area contributed by atoms with Crippen LogP contribution in [0.5, 0.6) is 0 Å². The number of urea groups is 1. The second-order valence-electron chi connectivity index (χ2n) is 4.87. The van der Waals surface area contributed by atoms with Crippen molar-refractivity contribution in [2.45, 2.75) is 36.6 Å². The molecular formula is C8H16N2OSSi. The maximum absolute atomic E-state index is 11.1. The molecule has 3 atom stereocenters. The molecule has 2 N–H and O–H groups in total. The van der Waals surface area contributed by atoms with Crippen molar-refractivity contribution >= 4 is 25.9 Å². The van der Waals surface area contributed by atoms with Gasteiger partial charge in [0.25, 0.3) is 0 Å². The van der Waals surface area contributed by atoms with Crippen molar-refractivity contribution in [3.8, 4) is 0 Å². The molecule has 0 saturated carbocycles. The summed E-state index contributed by atoms with van der Waals surface area (Å²) in [6.07, 6.45) is 0. The molecule has 0 unspecified atom stereocenters. The van der Waals surface area contributed by atoms with Gasteiger partial charge < -0.3 is 10.6 Å². The van der Waals surface area contributed by atoms with Crippen LogP contribution in [0.1, 0.15) is 0 Å². The minimum atomic E-state index is -1.13. The van der Waals surface area contributed by atoms with Gasteiger partial charge in [-0.15, -0.1) is 0 Å². The predicted molar refractivity (Wildman–Crippen MR) is 58.8 cm³/mol. The van der Waals surface area contributed by atoms with Crippen LogP contribution in [0.4, 0.5) is 4.79 Å². The molecular weight excluding hydrogens is 200 g/mol. The lowest BCUT2D eigenvalue weighted by atomic mass is 10.2. The van der Waals surface area contributed by atoms with Gasteiger partial charge in [-0.2, -0.15) is 11.8 Å². The Hall–Kier alpha value is -0.163. The van der Waals surface area contributed by atoms with Gasteiger partial charge in [-0.05, 0) is 0 Å². The maximum Gasteiger partial charge on any atom is 0.315 e. The van der Waals surface area contributed by atoms with E-state index in [1.165, 1.54) is 0 Å². The topological polar surface area (TPSA) is 41.1 Å². The smallest absolute Gasteiger partial charge is 0.315 e. The summed E-state index contributed by atoms with van der Waals surface area (Å²) in [5, 5.41) is 6.01. The summed E-state index contributed by atoms with van der Waals surface area (Å²) in [4.78, 5) is 11.8. The third-order valence-corrected chi connectivity index (χ3v) is 8.57. The molecule has 2 heterocycles. The molecule has 0 bridgehead atoms. The number of nitrogens with one attached hydrogen (secondary N) is 2. The Morgan fingerprint density at radius 1 is 1.38 bits per heavy atom. The summed E-state index contributed by atoms with van der Waals surface area (Å²) in [5.74, 6) is 1.08. The molecule has 2 aliphatic rings. The van der Waals surface area contributed by atoms with Crippen molar-refractivity contribution in [3.63, 3.8) is 0 Å². The highest BCUT2D eigenvalue weighted by molar-refractivity contribution is 8.02. The lowest BCUT2D eigenvalue weighted by Gasteiger charge is -2.28. The minimum absolute atomic E-state index is 0.0264. The van der Waals surface area contributed by atoms with Crippen molar-refractivity contribution in [1.82, 2.24) is 10.6 Å². The first-order valence-corrected chi connectivity index (χ1v) is 9.30. The highest BCUT2D eigenvalue weighted by Gasteiger charge is 2.48. The van der Waals surface area contributed by atoms with Crippen molar-refractivity contribution < 1.29 is 4.79 Å². The summed E-state index contributed by atoms with van der Waals surface area (Å²) in [5.41, 5.74) is 0. The van der Waals surface area contributed by atoms with Crippen molar-refractivity contribution in [3.05, 3.63) is 0 Å². The van der Waals surface area contributed by atoms with Crippen molar-refractivity contribution in [2.75, 3.05) is 5.75 Å². The third-order valence-electron chi connectivity index (χ3n) is 2.68. The molecule has 2 amide bonds. The summed E-state index contributed by atoms with van der Waals surface area (Å²) in [6.45, 7) is 7.12. The third kappa shape index (κ3) is 1.59. The largest absolute Gasteiger partial charge is 0.333 e. The van der Waals surface area contributed by atoms with E-state index < -0.39 is 8.07 Å². The second-order valence-corrected chi connectivity index (χ2v) is 11.8. The SMILES string of the molecule is C[Si](C)(C)[C@@H]1SC[C@H]2NC(=O)N[C@@H]12. The fourth-order valence-electron chi connectivity index (χ4n) is 2.08. The maximum atomic E-state index is 11.1. The summed E-state index contributed by atoms with van der Waals surface area (Å²) >= 11 is 2.03. The molecule has 3 nitrogen and oxygen atoms in total. The molecule has 2 saturated heterocycles. The highest BCUT2D eigenvalue weighted by Crippen LogP contribution is 2.35. The number of hydrogen-bond donors (Lipinski definition) is 2. The molecule has 0 aromatic rings. The number of fused-ring (bicyclic) bond motifs is 1. The molecule has 74 valence electrons. The van der Waals surface area contributed by atoms with Gasteiger partial charge in [-0.25, -0.2) is 4.79 Å². The first-order valence-electron chi connectivity index (χ1n) is 4.67. The Bertz CT molecular complexity index is 241. The van der Waals surface area contributed by atoms with Gasteiger partial charge in [-0.1, -0.05) is 19.6 Å². The Morgan fingerprint density at radius 3 is 2.69 bits per heavy atom. The van der Waals surface area contributed by atoms with E-state index in [0.717, 1.165) is 5.75 Å². The molecule has 2 fully saturated rings. The Labute approximate surface area is 84.0 Å². The van der Waals surface area contributed by atoms with E-state index in [-0.39, 0.29) is 6.03 Å². The van der Waals surface area contributed by atoms with Gasteiger partial charge in [0, 0.05) is 10.6 Å². The van der Waals surface area contributed by atoms with Crippen molar-refractivity contribution in [1.29, 1.82) is 0 Å². The number of thioether (sulfide) groups is 1. The molecule has 0 spiro atoms. The van der Waals surface area contributed by atoms with Crippen LogP contribution < -0.4 is 10.6 Å². The lowest BCUT2D eigenvalue weighted by molar-refractivity contribution is 0.247. The zero-order valence-electron chi connectivity index (χ0n) is 8.26. The van der Waals surface area contributed by atoms with E-state index in [0.29, 0.717) is 17.0 Å². The molecule has 0 radical (unpaired) electrons. The van der Waals surface area contributed by atoms with Gasteiger partial charge in [-0.3, -0.25) is 0 Å². The fourth-order valence-corrected chi connectivity index (χ4v) is 6.94. The second kappa shape index (κ2) is 2.92. The van der Waals surface area contributed by atoms with Crippen LogP contribution in [0.15, 0.2) is 0 Å². The fraction of sp³-hybridized carbons (Fsp3) is 0.875. The van der Waals surface area contributed by atoms with E-state index in [2.05, 4.69) is 30.3 Å².